The average Bonchev–Trinajstić information content (AvgIpc) is 2.62. The summed E-state index contributed by atoms with van der Waals surface area (Å²) in [7, 11) is 0. The highest BCUT2D eigenvalue weighted by molar-refractivity contribution is 9.10. The SMILES string of the molecule is Brc1cncc(CN2CC3CC(C2)N3c2ncnc3ccccc23)c1. The lowest BCUT2D eigenvalue weighted by Crippen LogP contribution is -2.69. The molecule has 2 atom stereocenters. The fraction of sp³-hybridized carbons (Fsp3) is 0.316. The number of benzene rings is 1. The van der Waals surface area contributed by atoms with Crippen LogP contribution in [0.3, 0.4) is 0 Å². The molecule has 2 unspecified atom stereocenters. The normalized spacial score (nSPS) is 22.8. The molecule has 126 valence electrons. The lowest BCUT2D eigenvalue weighted by atomic mass is 9.86. The van der Waals surface area contributed by atoms with E-state index in [0.29, 0.717) is 12.1 Å². The molecule has 0 aliphatic carbocycles. The fourth-order valence-corrected chi connectivity index (χ4v) is 4.58. The summed E-state index contributed by atoms with van der Waals surface area (Å²) >= 11 is 3.51. The maximum atomic E-state index is 4.61. The zero-order valence-electron chi connectivity index (χ0n) is 13.7. The molecule has 3 aliphatic rings. The Morgan fingerprint density at radius 2 is 1.92 bits per heavy atom. The fourth-order valence-electron chi connectivity index (χ4n) is 4.17. The number of para-hydroxylation sites is 1. The Hall–Kier alpha value is -2.05. The molecule has 0 saturated carbocycles. The highest BCUT2D eigenvalue weighted by atomic mass is 79.9. The van der Waals surface area contributed by atoms with Gasteiger partial charge in [-0.25, -0.2) is 9.97 Å². The molecule has 6 rings (SSSR count). The van der Waals surface area contributed by atoms with E-state index in [2.05, 4.69) is 64.9 Å². The minimum atomic E-state index is 0.539. The first-order chi connectivity index (χ1) is 12.3. The summed E-state index contributed by atoms with van der Waals surface area (Å²) in [6.07, 6.45) is 6.74. The lowest BCUT2D eigenvalue weighted by molar-refractivity contribution is 0.108. The first kappa shape index (κ1) is 15.2. The van der Waals surface area contributed by atoms with E-state index in [1.165, 1.54) is 12.0 Å². The third kappa shape index (κ3) is 2.69. The van der Waals surface area contributed by atoms with Crippen LogP contribution in [0, 0.1) is 0 Å². The zero-order valence-corrected chi connectivity index (χ0v) is 15.3. The van der Waals surface area contributed by atoms with E-state index in [9.17, 15) is 0 Å². The summed E-state index contributed by atoms with van der Waals surface area (Å²) in [4.78, 5) is 18.3. The van der Waals surface area contributed by atoms with Crippen LogP contribution in [0.5, 0.6) is 0 Å². The maximum absolute atomic E-state index is 4.61. The molecular weight excluding hydrogens is 378 g/mol. The number of rotatable bonds is 3. The van der Waals surface area contributed by atoms with E-state index in [0.717, 1.165) is 40.8 Å². The molecule has 1 aromatic carbocycles. The van der Waals surface area contributed by atoms with Crippen molar-refractivity contribution in [2.75, 3.05) is 18.0 Å². The van der Waals surface area contributed by atoms with Gasteiger partial charge >= 0.3 is 0 Å². The first-order valence-corrected chi connectivity index (χ1v) is 9.37. The molecule has 6 heteroatoms. The average molecular weight is 396 g/mol. The number of piperidine rings is 1. The number of anilines is 1. The largest absolute Gasteiger partial charge is 0.347 e. The minimum absolute atomic E-state index is 0.539. The second-order valence-electron chi connectivity index (χ2n) is 6.87. The second-order valence-corrected chi connectivity index (χ2v) is 7.79. The molecule has 3 saturated heterocycles. The highest BCUT2D eigenvalue weighted by Gasteiger charge is 2.45. The van der Waals surface area contributed by atoms with Crippen LogP contribution in [0.25, 0.3) is 10.9 Å². The smallest absolute Gasteiger partial charge is 0.140 e. The van der Waals surface area contributed by atoms with Crippen LogP contribution in [0.1, 0.15) is 12.0 Å². The van der Waals surface area contributed by atoms with Crippen molar-refractivity contribution >= 4 is 32.7 Å². The Bertz CT molecular complexity index is 913. The molecule has 2 aromatic heterocycles. The number of hydrogen-bond donors (Lipinski definition) is 0. The minimum Gasteiger partial charge on any atom is -0.347 e. The summed E-state index contributed by atoms with van der Waals surface area (Å²) in [6.45, 7) is 3.10. The van der Waals surface area contributed by atoms with Crippen molar-refractivity contribution in [2.45, 2.75) is 25.0 Å². The molecule has 0 radical (unpaired) electrons. The molecule has 2 bridgehead atoms. The van der Waals surface area contributed by atoms with Crippen LogP contribution in [0.15, 0.2) is 53.5 Å². The van der Waals surface area contributed by atoms with Crippen molar-refractivity contribution in [1.82, 2.24) is 19.9 Å². The first-order valence-electron chi connectivity index (χ1n) is 8.58. The Balaban J connectivity index is 1.36. The van der Waals surface area contributed by atoms with Crippen molar-refractivity contribution in [3.8, 4) is 0 Å². The third-order valence-corrected chi connectivity index (χ3v) is 5.64. The van der Waals surface area contributed by atoms with E-state index in [1.54, 1.807) is 6.33 Å². The van der Waals surface area contributed by atoms with Crippen LogP contribution < -0.4 is 4.90 Å². The van der Waals surface area contributed by atoms with Crippen molar-refractivity contribution in [2.24, 2.45) is 0 Å². The van der Waals surface area contributed by atoms with Gasteiger partial charge in [0.05, 0.1) is 5.52 Å². The van der Waals surface area contributed by atoms with Gasteiger partial charge in [0, 0.05) is 54.0 Å². The second kappa shape index (κ2) is 6.04. The molecule has 0 spiro atoms. The van der Waals surface area contributed by atoms with E-state index in [4.69, 9.17) is 0 Å². The number of piperazine rings is 1. The number of hydrogen-bond acceptors (Lipinski definition) is 5. The zero-order chi connectivity index (χ0) is 16.8. The van der Waals surface area contributed by atoms with Crippen LogP contribution >= 0.6 is 15.9 Å². The van der Waals surface area contributed by atoms with Gasteiger partial charge in [-0.1, -0.05) is 12.1 Å². The number of fused-ring (bicyclic) bond motifs is 3. The van der Waals surface area contributed by atoms with Gasteiger partial charge in [0.15, 0.2) is 0 Å². The van der Waals surface area contributed by atoms with Crippen molar-refractivity contribution < 1.29 is 0 Å². The van der Waals surface area contributed by atoms with E-state index in [-0.39, 0.29) is 0 Å². The molecular formula is C19H18BrN5. The molecule has 3 fully saturated rings. The van der Waals surface area contributed by atoms with Crippen LogP contribution in [0.2, 0.25) is 0 Å². The summed E-state index contributed by atoms with van der Waals surface area (Å²) in [5.74, 6) is 1.09. The van der Waals surface area contributed by atoms with Gasteiger partial charge < -0.3 is 4.90 Å². The third-order valence-electron chi connectivity index (χ3n) is 5.20. The van der Waals surface area contributed by atoms with Crippen LogP contribution in [-0.2, 0) is 6.54 Å². The Morgan fingerprint density at radius 3 is 2.76 bits per heavy atom. The van der Waals surface area contributed by atoms with E-state index in [1.807, 2.05) is 18.5 Å². The highest BCUT2D eigenvalue weighted by Crippen LogP contribution is 2.39. The van der Waals surface area contributed by atoms with Gasteiger partial charge in [0.25, 0.3) is 0 Å². The van der Waals surface area contributed by atoms with Gasteiger partial charge in [-0.05, 0) is 46.1 Å². The van der Waals surface area contributed by atoms with Gasteiger partial charge in [-0.3, -0.25) is 9.88 Å². The van der Waals surface area contributed by atoms with Gasteiger partial charge in [0.2, 0.25) is 0 Å². The number of halogens is 1. The van der Waals surface area contributed by atoms with Gasteiger partial charge in [-0.15, -0.1) is 0 Å². The Kier molecular flexibility index (Phi) is 3.68. The maximum Gasteiger partial charge on any atom is 0.140 e. The van der Waals surface area contributed by atoms with Gasteiger partial charge in [0.1, 0.15) is 12.1 Å². The van der Waals surface area contributed by atoms with Gasteiger partial charge in [-0.2, -0.15) is 0 Å². The number of aromatic nitrogens is 3. The van der Waals surface area contributed by atoms with Crippen molar-refractivity contribution in [3.05, 3.63) is 59.1 Å². The predicted octanol–water partition coefficient (Wildman–Crippen LogP) is 3.25. The van der Waals surface area contributed by atoms with E-state index >= 15 is 0 Å². The summed E-state index contributed by atoms with van der Waals surface area (Å²) in [5.41, 5.74) is 2.28. The Morgan fingerprint density at radius 1 is 1.08 bits per heavy atom. The molecule has 25 heavy (non-hydrogen) atoms. The summed E-state index contributed by atoms with van der Waals surface area (Å²) < 4.78 is 1.04. The summed E-state index contributed by atoms with van der Waals surface area (Å²) in [5, 5.41) is 1.16. The summed E-state index contributed by atoms with van der Waals surface area (Å²) in [6, 6.07) is 11.5. The van der Waals surface area contributed by atoms with E-state index < -0.39 is 0 Å². The topological polar surface area (TPSA) is 45.2 Å². The number of nitrogens with zero attached hydrogens (tertiary/aromatic N) is 5. The van der Waals surface area contributed by atoms with Crippen molar-refractivity contribution in [1.29, 1.82) is 0 Å². The molecule has 3 aromatic rings. The van der Waals surface area contributed by atoms with Crippen LogP contribution in [0.4, 0.5) is 5.82 Å². The van der Waals surface area contributed by atoms with Crippen LogP contribution in [-0.4, -0.2) is 45.0 Å². The quantitative estimate of drug-likeness (QED) is 0.680. The monoisotopic (exact) mass is 395 g/mol. The molecule has 0 N–H and O–H groups in total. The lowest BCUT2D eigenvalue weighted by Gasteiger charge is -2.57. The van der Waals surface area contributed by atoms with Crippen molar-refractivity contribution in [3.63, 3.8) is 0 Å². The molecule has 5 heterocycles. The molecule has 3 aliphatic heterocycles. The number of pyridine rings is 1. The molecule has 0 amide bonds. The predicted molar refractivity (Wildman–Crippen MR) is 101 cm³/mol. The standard InChI is InChI=1S/C19H18BrN5/c20-14-5-13(7-21-8-14)9-24-10-15-6-16(11-24)25(15)19-17-3-1-2-4-18(17)22-12-23-19/h1-5,7-8,12,15-16H,6,9-11H2. The molecule has 5 nitrogen and oxygen atoms in total. The Labute approximate surface area is 154 Å².